The molecule has 0 aromatic carbocycles. The molecule has 0 bridgehead atoms. The molecule has 2 rings (SSSR count). The zero-order chi connectivity index (χ0) is 10.7. The zero-order valence-electron chi connectivity index (χ0n) is 8.23. The summed E-state index contributed by atoms with van der Waals surface area (Å²) in [7, 11) is 0. The number of rotatable bonds is 3. The molecule has 0 radical (unpaired) electrons. The summed E-state index contributed by atoms with van der Waals surface area (Å²) in [5.41, 5.74) is 0.219. The maximum absolute atomic E-state index is 10.8. The maximum atomic E-state index is 10.8. The van der Waals surface area contributed by atoms with Crippen LogP contribution in [0.2, 0.25) is 0 Å². The lowest BCUT2D eigenvalue weighted by Gasteiger charge is -1.89. The first-order valence-corrected chi connectivity index (χ1v) is 4.68. The summed E-state index contributed by atoms with van der Waals surface area (Å²) in [6.07, 6.45) is 1.73. The van der Waals surface area contributed by atoms with E-state index in [-0.39, 0.29) is 5.56 Å². The molecule has 2 aromatic rings. The molecule has 78 valence electrons. The van der Waals surface area contributed by atoms with Crippen LogP contribution in [0.4, 0.5) is 0 Å². The molecule has 0 saturated heterocycles. The smallest absolute Gasteiger partial charge is 0.278 e. The largest absolute Gasteiger partial charge is 0.332 e. The molecule has 0 aliphatic heterocycles. The third-order valence-corrected chi connectivity index (χ3v) is 1.84. The zero-order valence-corrected chi connectivity index (χ0v) is 8.23. The molecule has 0 saturated carbocycles. The minimum Gasteiger partial charge on any atom is -0.332 e. The monoisotopic (exact) mass is 206 g/mol. The molecule has 2 aromatic heterocycles. The third kappa shape index (κ3) is 2.09. The van der Waals surface area contributed by atoms with Crippen molar-refractivity contribution >= 4 is 0 Å². The van der Waals surface area contributed by atoms with Gasteiger partial charge in [0.15, 0.2) is 5.82 Å². The van der Waals surface area contributed by atoms with Gasteiger partial charge in [-0.1, -0.05) is 12.1 Å². The van der Waals surface area contributed by atoms with Gasteiger partial charge in [0.05, 0.1) is 0 Å². The number of aromatic nitrogens is 4. The van der Waals surface area contributed by atoms with Gasteiger partial charge in [-0.2, -0.15) is 10.1 Å². The topological polar surface area (TPSA) is 84.7 Å². The molecular weight excluding hydrogens is 196 g/mol. The maximum Gasteiger partial charge on any atom is 0.278 e. The van der Waals surface area contributed by atoms with Crippen LogP contribution in [0.25, 0.3) is 11.6 Å². The van der Waals surface area contributed by atoms with E-state index in [2.05, 4.69) is 20.3 Å². The highest BCUT2D eigenvalue weighted by molar-refractivity contribution is 5.44. The Morgan fingerprint density at radius 3 is 3.00 bits per heavy atom. The first-order valence-electron chi connectivity index (χ1n) is 4.68. The Hall–Kier alpha value is -1.98. The average Bonchev–Trinajstić information content (AvgIpc) is 2.68. The van der Waals surface area contributed by atoms with Crippen molar-refractivity contribution in [3.8, 4) is 11.6 Å². The number of aromatic amines is 1. The van der Waals surface area contributed by atoms with Crippen molar-refractivity contribution < 1.29 is 4.52 Å². The Morgan fingerprint density at radius 1 is 1.47 bits per heavy atom. The van der Waals surface area contributed by atoms with Crippen molar-refractivity contribution in [1.29, 1.82) is 0 Å². The molecule has 0 unspecified atom stereocenters. The normalized spacial score (nSPS) is 10.5. The second kappa shape index (κ2) is 4.04. The van der Waals surface area contributed by atoms with Crippen molar-refractivity contribution in [2.24, 2.45) is 0 Å². The molecule has 15 heavy (non-hydrogen) atoms. The van der Waals surface area contributed by atoms with Crippen LogP contribution in [0.3, 0.4) is 0 Å². The van der Waals surface area contributed by atoms with Gasteiger partial charge in [-0.15, -0.1) is 0 Å². The van der Waals surface area contributed by atoms with Gasteiger partial charge in [-0.25, -0.2) is 5.10 Å². The Balaban J connectivity index is 2.29. The predicted octanol–water partition coefficient (Wildman–Crippen LogP) is 0.772. The van der Waals surface area contributed by atoms with Crippen LogP contribution in [0.5, 0.6) is 0 Å². The van der Waals surface area contributed by atoms with Crippen LogP contribution in [0.15, 0.2) is 21.5 Å². The molecule has 0 aliphatic carbocycles. The van der Waals surface area contributed by atoms with Crippen LogP contribution < -0.4 is 5.56 Å². The highest BCUT2D eigenvalue weighted by Crippen LogP contribution is 2.12. The molecule has 0 aliphatic rings. The number of nitrogens with one attached hydrogen (secondary N) is 1. The van der Waals surface area contributed by atoms with E-state index in [1.54, 1.807) is 6.07 Å². The molecule has 0 spiro atoms. The molecule has 6 nitrogen and oxygen atoms in total. The van der Waals surface area contributed by atoms with E-state index in [9.17, 15) is 4.79 Å². The van der Waals surface area contributed by atoms with E-state index in [1.807, 2.05) is 6.92 Å². The molecule has 0 fully saturated rings. The van der Waals surface area contributed by atoms with E-state index in [0.717, 1.165) is 12.8 Å². The van der Waals surface area contributed by atoms with Crippen molar-refractivity contribution in [2.45, 2.75) is 19.8 Å². The lowest BCUT2D eigenvalue weighted by molar-refractivity contribution is 0.420. The van der Waals surface area contributed by atoms with Crippen LogP contribution in [0, 0.1) is 0 Å². The first-order chi connectivity index (χ1) is 7.29. The summed E-state index contributed by atoms with van der Waals surface area (Å²) in [5, 5.41) is 9.88. The molecule has 0 atom stereocenters. The van der Waals surface area contributed by atoms with Crippen LogP contribution in [-0.4, -0.2) is 20.3 Å². The van der Waals surface area contributed by atoms with Gasteiger partial charge in [0.25, 0.3) is 11.4 Å². The summed E-state index contributed by atoms with van der Waals surface area (Å²) in [6.45, 7) is 2.04. The van der Waals surface area contributed by atoms with E-state index in [4.69, 9.17) is 4.52 Å². The van der Waals surface area contributed by atoms with Gasteiger partial charge in [0.2, 0.25) is 0 Å². The Labute approximate surface area is 85.3 Å². The fourth-order valence-electron chi connectivity index (χ4n) is 1.15. The number of aryl methyl sites for hydroxylation is 1. The van der Waals surface area contributed by atoms with E-state index < -0.39 is 0 Å². The Morgan fingerprint density at radius 2 is 2.33 bits per heavy atom. The number of hydrogen-bond donors (Lipinski definition) is 1. The Kier molecular flexibility index (Phi) is 2.57. The van der Waals surface area contributed by atoms with E-state index >= 15 is 0 Å². The van der Waals surface area contributed by atoms with Crippen molar-refractivity contribution in [2.75, 3.05) is 0 Å². The van der Waals surface area contributed by atoms with Crippen molar-refractivity contribution in [1.82, 2.24) is 20.3 Å². The summed E-state index contributed by atoms with van der Waals surface area (Å²) < 4.78 is 5.00. The molecule has 1 N–H and O–H groups in total. The highest BCUT2D eigenvalue weighted by Gasteiger charge is 2.08. The van der Waals surface area contributed by atoms with E-state index in [0.29, 0.717) is 17.4 Å². The van der Waals surface area contributed by atoms with Gasteiger partial charge in [-0.05, 0) is 12.5 Å². The SMILES string of the molecule is CCCc1noc(-c2ccc(=O)[nH]n2)n1. The quantitative estimate of drug-likeness (QED) is 0.801. The van der Waals surface area contributed by atoms with Gasteiger partial charge in [0, 0.05) is 12.5 Å². The average molecular weight is 206 g/mol. The Bertz CT molecular complexity index is 482. The summed E-state index contributed by atoms with van der Waals surface area (Å²) in [6, 6.07) is 2.91. The van der Waals surface area contributed by atoms with Crippen LogP contribution in [0.1, 0.15) is 19.2 Å². The molecular formula is C9H10N4O2. The molecule has 6 heteroatoms. The number of H-pyrrole nitrogens is 1. The van der Waals surface area contributed by atoms with Crippen LogP contribution >= 0.6 is 0 Å². The summed E-state index contributed by atoms with van der Waals surface area (Å²) in [5.74, 6) is 0.982. The first kappa shape index (κ1) is 9.57. The standard InChI is InChI=1S/C9H10N4O2/c1-2-3-7-10-9(15-13-7)6-4-5-8(14)12-11-6/h4-5H,2-3H2,1H3,(H,12,14). The van der Waals surface area contributed by atoms with Crippen LogP contribution in [-0.2, 0) is 6.42 Å². The second-order valence-electron chi connectivity index (χ2n) is 3.07. The lowest BCUT2D eigenvalue weighted by atomic mass is 10.3. The fourth-order valence-corrected chi connectivity index (χ4v) is 1.15. The second-order valence-corrected chi connectivity index (χ2v) is 3.07. The summed E-state index contributed by atoms with van der Waals surface area (Å²) >= 11 is 0. The fraction of sp³-hybridized carbons (Fsp3) is 0.333. The third-order valence-electron chi connectivity index (χ3n) is 1.84. The molecule has 2 heterocycles. The lowest BCUT2D eigenvalue weighted by Crippen LogP contribution is -2.05. The van der Waals surface area contributed by atoms with E-state index in [1.165, 1.54) is 6.07 Å². The molecule has 0 amide bonds. The predicted molar refractivity (Wildman–Crippen MR) is 52.1 cm³/mol. The number of hydrogen-bond acceptors (Lipinski definition) is 5. The van der Waals surface area contributed by atoms with Gasteiger partial charge in [0.1, 0.15) is 5.69 Å². The van der Waals surface area contributed by atoms with Gasteiger partial charge < -0.3 is 4.52 Å². The summed E-state index contributed by atoms with van der Waals surface area (Å²) in [4.78, 5) is 14.9. The highest BCUT2D eigenvalue weighted by atomic mass is 16.5. The van der Waals surface area contributed by atoms with Crippen molar-refractivity contribution in [3.05, 3.63) is 28.3 Å². The number of nitrogens with zero attached hydrogens (tertiary/aromatic N) is 3. The minimum absolute atomic E-state index is 0.257. The minimum atomic E-state index is -0.257. The van der Waals surface area contributed by atoms with Gasteiger partial charge >= 0.3 is 0 Å². The van der Waals surface area contributed by atoms with Gasteiger partial charge in [-0.3, -0.25) is 4.79 Å². The van der Waals surface area contributed by atoms with Crippen molar-refractivity contribution in [3.63, 3.8) is 0 Å².